The number of halogens is 1. The Morgan fingerprint density at radius 3 is 2.74 bits per heavy atom. The van der Waals surface area contributed by atoms with Gasteiger partial charge in [-0.05, 0) is 30.2 Å². The maximum atomic E-state index is 6.19. The lowest BCUT2D eigenvalue weighted by atomic mass is 10.1. The summed E-state index contributed by atoms with van der Waals surface area (Å²) in [6.07, 6.45) is 1.72. The van der Waals surface area contributed by atoms with Gasteiger partial charge in [0, 0.05) is 29.9 Å². The Morgan fingerprint density at radius 1 is 1.21 bits per heavy atom. The van der Waals surface area contributed by atoms with Gasteiger partial charge in [0.05, 0.1) is 7.11 Å². The predicted octanol–water partition coefficient (Wildman–Crippen LogP) is 3.34. The minimum atomic E-state index is 0.657. The smallest absolute Gasteiger partial charge is 0.217 e. The number of aromatic nitrogens is 1. The van der Waals surface area contributed by atoms with E-state index in [4.69, 9.17) is 16.3 Å². The highest BCUT2D eigenvalue weighted by Crippen LogP contribution is 2.18. The molecule has 0 atom stereocenters. The largest absolute Gasteiger partial charge is 0.481 e. The third-order valence-corrected chi connectivity index (χ3v) is 3.23. The van der Waals surface area contributed by atoms with Gasteiger partial charge in [0.1, 0.15) is 0 Å². The van der Waals surface area contributed by atoms with E-state index in [1.54, 1.807) is 13.3 Å². The number of benzene rings is 1. The highest BCUT2D eigenvalue weighted by Gasteiger charge is 2.04. The Kier molecular flexibility index (Phi) is 4.77. The number of rotatable bonds is 5. The molecule has 2 rings (SSSR count). The zero-order valence-electron chi connectivity index (χ0n) is 11.1. The first-order valence-electron chi connectivity index (χ1n) is 6.14. The molecule has 1 N–H and O–H groups in total. The van der Waals surface area contributed by atoms with E-state index in [-0.39, 0.29) is 0 Å². The lowest BCUT2D eigenvalue weighted by molar-refractivity contribution is 0.390. The Labute approximate surface area is 118 Å². The summed E-state index contributed by atoms with van der Waals surface area (Å²) >= 11 is 6.19. The highest BCUT2D eigenvalue weighted by atomic mass is 35.5. The second kappa shape index (κ2) is 6.55. The van der Waals surface area contributed by atoms with Crippen molar-refractivity contribution >= 4 is 11.6 Å². The molecule has 3 nitrogen and oxygen atoms in total. The minimum Gasteiger partial charge on any atom is -0.481 e. The predicted molar refractivity (Wildman–Crippen MR) is 77.5 cm³/mol. The van der Waals surface area contributed by atoms with E-state index in [1.165, 1.54) is 5.56 Å². The van der Waals surface area contributed by atoms with Gasteiger partial charge in [0.2, 0.25) is 5.88 Å². The average Bonchev–Trinajstić information content (AvgIpc) is 2.42. The second-order valence-electron chi connectivity index (χ2n) is 4.37. The van der Waals surface area contributed by atoms with Crippen LogP contribution in [0.4, 0.5) is 0 Å². The zero-order chi connectivity index (χ0) is 13.7. The Morgan fingerprint density at radius 2 is 2.00 bits per heavy atom. The molecule has 0 bridgehead atoms. The van der Waals surface area contributed by atoms with Crippen LogP contribution in [-0.4, -0.2) is 12.1 Å². The normalized spacial score (nSPS) is 10.5. The summed E-state index contributed by atoms with van der Waals surface area (Å²) in [7, 11) is 1.63. The quantitative estimate of drug-likeness (QED) is 0.909. The summed E-state index contributed by atoms with van der Waals surface area (Å²) in [6.45, 7) is 3.45. The SMILES string of the molecule is COc1ncccc1CNCc1ccc(C)cc1Cl. The fourth-order valence-electron chi connectivity index (χ4n) is 1.87. The number of hydrogen-bond acceptors (Lipinski definition) is 3. The number of aryl methyl sites for hydroxylation is 1. The molecule has 19 heavy (non-hydrogen) atoms. The zero-order valence-corrected chi connectivity index (χ0v) is 11.9. The van der Waals surface area contributed by atoms with E-state index in [9.17, 15) is 0 Å². The van der Waals surface area contributed by atoms with Gasteiger partial charge in [-0.3, -0.25) is 0 Å². The van der Waals surface area contributed by atoms with E-state index in [0.29, 0.717) is 12.4 Å². The second-order valence-corrected chi connectivity index (χ2v) is 4.78. The topological polar surface area (TPSA) is 34.1 Å². The van der Waals surface area contributed by atoms with Gasteiger partial charge in [-0.25, -0.2) is 4.98 Å². The lowest BCUT2D eigenvalue weighted by Crippen LogP contribution is -2.14. The summed E-state index contributed by atoms with van der Waals surface area (Å²) in [5.74, 6) is 0.657. The molecule has 0 aliphatic rings. The van der Waals surface area contributed by atoms with Gasteiger partial charge in [-0.15, -0.1) is 0 Å². The van der Waals surface area contributed by atoms with Crippen LogP contribution < -0.4 is 10.1 Å². The average molecular weight is 277 g/mol. The Balaban J connectivity index is 1.96. The maximum absolute atomic E-state index is 6.19. The van der Waals surface area contributed by atoms with Crippen LogP contribution in [0.15, 0.2) is 36.5 Å². The van der Waals surface area contributed by atoms with Crippen molar-refractivity contribution in [1.29, 1.82) is 0 Å². The van der Waals surface area contributed by atoms with Crippen LogP contribution in [-0.2, 0) is 13.1 Å². The van der Waals surface area contributed by atoms with Gasteiger partial charge < -0.3 is 10.1 Å². The highest BCUT2D eigenvalue weighted by molar-refractivity contribution is 6.31. The lowest BCUT2D eigenvalue weighted by Gasteiger charge is -2.09. The summed E-state index contributed by atoms with van der Waals surface area (Å²) < 4.78 is 5.21. The third-order valence-electron chi connectivity index (χ3n) is 2.88. The Hall–Kier alpha value is -1.58. The van der Waals surface area contributed by atoms with Crippen molar-refractivity contribution in [2.45, 2.75) is 20.0 Å². The van der Waals surface area contributed by atoms with Gasteiger partial charge in [-0.1, -0.05) is 29.8 Å². The van der Waals surface area contributed by atoms with Crippen LogP contribution in [0.2, 0.25) is 5.02 Å². The molecule has 100 valence electrons. The van der Waals surface area contributed by atoms with Crippen molar-refractivity contribution in [2.75, 3.05) is 7.11 Å². The molecule has 0 unspecified atom stereocenters. The minimum absolute atomic E-state index is 0.657. The number of methoxy groups -OCH3 is 1. The van der Waals surface area contributed by atoms with Crippen molar-refractivity contribution < 1.29 is 4.74 Å². The van der Waals surface area contributed by atoms with Crippen LogP contribution in [0.1, 0.15) is 16.7 Å². The molecular formula is C15H17ClN2O. The fourth-order valence-corrected chi connectivity index (χ4v) is 2.17. The van der Waals surface area contributed by atoms with Crippen LogP contribution in [0, 0.1) is 6.92 Å². The molecule has 0 aliphatic carbocycles. The summed E-state index contributed by atoms with van der Waals surface area (Å²) in [5, 5.41) is 4.15. The molecule has 0 radical (unpaired) electrons. The molecular weight excluding hydrogens is 260 g/mol. The number of ether oxygens (including phenoxy) is 1. The van der Waals surface area contributed by atoms with Gasteiger partial charge >= 0.3 is 0 Å². The molecule has 0 aliphatic heterocycles. The molecule has 0 saturated carbocycles. The standard InChI is InChI=1S/C15H17ClN2O/c1-11-5-6-12(14(16)8-11)9-17-10-13-4-3-7-18-15(13)19-2/h3-8,17H,9-10H2,1-2H3. The molecule has 0 spiro atoms. The van der Waals surface area contributed by atoms with Gasteiger partial charge in [-0.2, -0.15) is 0 Å². The van der Waals surface area contributed by atoms with E-state index in [0.717, 1.165) is 22.7 Å². The van der Waals surface area contributed by atoms with Crippen molar-refractivity contribution in [1.82, 2.24) is 10.3 Å². The molecule has 1 heterocycles. The first-order chi connectivity index (χ1) is 9.20. The van der Waals surface area contributed by atoms with Crippen LogP contribution >= 0.6 is 11.6 Å². The van der Waals surface area contributed by atoms with Crippen molar-refractivity contribution in [3.8, 4) is 5.88 Å². The van der Waals surface area contributed by atoms with E-state index < -0.39 is 0 Å². The van der Waals surface area contributed by atoms with Gasteiger partial charge in [0.25, 0.3) is 0 Å². The summed E-state index contributed by atoms with van der Waals surface area (Å²) in [6, 6.07) is 9.98. The van der Waals surface area contributed by atoms with Crippen LogP contribution in [0.25, 0.3) is 0 Å². The number of pyridine rings is 1. The summed E-state index contributed by atoms with van der Waals surface area (Å²) in [4.78, 5) is 4.16. The fraction of sp³-hybridized carbons (Fsp3) is 0.267. The molecule has 4 heteroatoms. The first kappa shape index (κ1) is 13.8. The third kappa shape index (κ3) is 3.69. The van der Waals surface area contributed by atoms with Crippen molar-refractivity contribution in [3.63, 3.8) is 0 Å². The maximum Gasteiger partial charge on any atom is 0.217 e. The summed E-state index contributed by atoms with van der Waals surface area (Å²) in [5.41, 5.74) is 3.30. The van der Waals surface area contributed by atoms with E-state index in [2.05, 4.69) is 16.4 Å². The molecule has 0 amide bonds. The van der Waals surface area contributed by atoms with Crippen molar-refractivity contribution in [3.05, 3.63) is 58.2 Å². The van der Waals surface area contributed by atoms with E-state index in [1.807, 2.05) is 31.2 Å². The molecule has 0 fully saturated rings. The molecule has 1 aromatic carbocycles. The van der Waals surface area contributed by atoms with Crippen LogP contribution in [0.3, 0.4) is 0 Å². The monoisotopic (exact) mass is 276 g/mol. The number of nitrogens with one attached hydrogen (secondary N) is 1. The van der Waals surface area contributed by atoms with Gasteiger partial charge in [0.15, 0.2) is 0 Å². The van der Waals surface area contributed by atoms with Crippen LogP contribution in [0.5, 0.6) is 5.88 Å². The van der Waals surface area contributed by atoms with E-state index >= 15 is 0 Å². The molecule has 1 aromatic heterocycles. The first-order valence-corrected chi connectivity index (χ1v) is 6.52. The van der Waals surface area contributed by atoms with Crippen molar-refractivity contribution in [2.24, 2.45) is 0 Å². The Bertz CT molecular complexity index is 558. The number of nitrogens with zero attached hydrogens (tertiary/aromatic N) is 1. The molecule has 0 saturated heterocycles. The number of hydrogen-bond donors (Lipinski definition) is 1. The molecule has 2 aromatic rings.